The predicted molar refractivity (Wildman–Crippen MR) is 114 cm³/mol. The van der Waals surface area contributed by atoms with Gasteiger partial charge in [-0.2, -0.15) is 0 Å². The summed E-state index contributed by atoms with van der Waals surface area (Å²) in [5.74, 6) is -0.265. The fraction of sp³-hybridized carbons (Fsp3) is 0.417. The van der Waals surface area contributed by atoms with Gasteiger partial charge < -0.3 is 19.3 Å². The molecule has 7 heteroatoms. The van der Waals surface area contributed by atoms with Crippen LogP contribution in [0.4, 0.5) is 8.78 Å². The SMILES string of the molecule is C=CC(C)(C)N(C)CC1OC(CO)C(Oc2cccc(F)c2)C1Oc1cccc(F)c1. The van der Waals surface area contributed by atoms with Gasteiger partial charge in [-0.1, -0.05) is 18.2 Å². The number of aliphatic hydroxyl groups is 1. The van der Waals surface area contributed by atoms with E-state index >= 15 is 0 Å². The average molecular weight is 433 g/mol. The molecule has 168 valence electrons. The number of nitrogens with zero attached hydrogens (tertiary/aromatic N) is 1. The summed E-state index contributed by atoms with van der Waals surface area (Å²) < 4.78 is 45.6. The minimum atomic E-state index is -0.736. The molecule has 1 heterocycles. The van der Waals surface area contributed by atoms with Gasteiger partial charge >= 0.3 is 0 Å². The van der Waals surface area contributed by atoms with Crippen LogP contribution in [0.1, 0.15) is 13.8 Å². The third-order valence-electron chi connectivity index (χ3n) is 5.66. The van der Waals surface area contributed by atoms with Gasteiger partial charge in [0, 0.05) is 24.2 Å². The maximum Gasteiger partial charge on any atom is 0.166 e. The zero-order valence-electron chi connectivity index (χ0n) is 18.0. The summed E-state index contributed by atoms with van der Waals surface area (Å²) in [6.45, 7) is 8.04. The molecule has 4 unspecified atom stereocenters. The number of hydrogen-bond donors (Lipinski definition) is 1. The average Bonchev–Trinajstić information content (AvgIpc) is 3.04. The van der Waals surface area contributed by atoms with E-state index in [1.165, 1.54) is 30.3 Å². The van der Waals surface area contributed by atoms with Crippen LogP contribution in [0.2, 0.25) is 0 Å². The molecule has 31 heavy (non-hydrogen) atoms. The van der Waals surface area contributed by atoms with Gasteiger partial charge in [0.05, 0.1) is 6.61 Å². The van der Waals surface area contributed by atoms with E-state index in [1.807, 2.05) is 31.9 Å². The Morgan fingerprint density at radius 2 is 1.55 bits per heavy atom. The first-order chi connectivity index (χ1) is 14.7. The predicted octanol–water partition coefficient (Wildman–Crippen LogP) is 3.82. The normalized spacial score (nSPS) is 23.7. The molecule has 1 fully saturated rings. The van der Waals surface area contributed by atoms with E-state index in [4.69, 9.17) is 14.2 Å². The van der Waals surface area contributed by atoms with Gasteiger partial charge in [-0.15, -0.1) is 6.58 Å². The highest BCUT2D eigenvalue weighted by molar-refractivity contribution is 5.25. The molecule has 0 saturated carbocycles. The fourth-order valence-electron chi connectivity index (χ4n) is 3.44. The topological polar surface area (TPSA) is 51.2 Å². The Hall–Kier alpha value is -2.48. The molecule has 4 atom stereocenters. The molecule has 0 radical (unpaired) electrons. The van der Waals surface area contributed by atoms with Crippen molar-refractivity contribution in [3.63, 3.8) is 0 Å². The molecule has 1 aliphatic heterocycles. The second kappa shape index (κ2) is 9.77. The van der Waals surface area contributed by atoms with Crippen LogP contribution in [-0.2, 0) is 4.74 Å². The number of benzene rings is 2. The number of halogens is 2. The summed E-state index contributed by atoms with van der Waals surface area (Å²) in [5.41, 5.74) is -0.316. The van der Waals surface area contributed by atoms with E-state index < -0.39 is 36.1 Å². The van der Waals surface area contributed by atoms with Gasteiger partial charge in [0.1, 0.15) is 35.3 Å². The van der Waals surface area contributed by atoms with Crippen LogP contribution >= 0.6 is 0 Å². The quantitative estimate of drug-likeness (QED) is 0.610. The molecule has 0 bridgehead atoms. The van der Waals surface area contributed by atoms with Crippen molar-refractivity contribution >= 4 is 0 Å². The first kappa shape index (κ1) is 23.2. The molecule has 3 rings (SSSR count). The molecule has 0 aliphatic carbocycles. The Balaban J connectivity index is 1.90. The Morgan fingerprint density at radius 3 is 2.00 bits per heavy atom. The van der Waals surface area contributed by atoms with E-state index in [0.717, 1.165) is 0 Å². The minimum absolute atomic E-state index is 0.292. The van der Waals surface area contributed by atoms with Crippen molar-refractivity contribution in [2.24, 2.45) is 0 Å². The zero-order chi connectivity index (χ0) is 22.6. The van der Waals surface area contributed by atoms with Crippen LogP contribution in [0.5, 0.6) is 11.5 Å². The molecule has 0 aromatic heterocycles. The van der Waals surface area contributed by atoms with Crippen LogP contribution < -0.4 is 9.47 Å². The smallest absolute Gasteiger partial charge is 0.166 e. The summed E-state index contributed by atoms with van der Waals surface area (Å²) in [6.07, 6.45) is -0.782. The Morgan fingerprint density at radius 1 is 1.03 bits per heavy atom. The van der Waals surface area contributed by atoms with Crippen molar-refractivity contribution in [1.29, 1.82) is 0 Å². The summed E-state index contributed by atoms with van der Waals surface area (Å²) in [4.78, 5) is 2.05. The summed E-state index contributed by atoms with van der Waals surface area (Å²) >= 11 is 0. The van der Waals surface area contributed by atoms with Crippen LogP contribution in [0.25, 0.3) is 0 Å². The molecule has 1 aliphatic rings. The number of likely N-dealkylation sites (N-methyl/N-ethyl adjacent to an activating group) is 1. The zero-order valence-corrected chi connectivity index (χ0v) is 18.0. The van der Waals surface area contributed by atoms with Crippen molar-refractivity contribution in [3.05, 3.63) is 72.8 Å². The summed E-state index contributed by atoms with van der Waals surface area (Å²) in [6, 6.07) is 11.5. The maximum absolute atomic E-state index is 13.7. The highest BCUT2D eigenvalue weighted by Gasteiger charge is 2.48. The largest absolute Gasteiger partial charge is 0.484 e. The van der Waals surface area contributed by atoms with Crippen LogP contribution in [0, 0.1) is 11.6 Å². The van der Waals surface area contributed by atoms with Crippen LogP contribution in [0.15, 0.2) is 61.2 Å². The molecular formula is C24H29F2NO4. The van der Waals surface area contributed by atoms with Crippen molar-refractivity contribution in [2.75, 3.05) is 20.2 Å². The third-order valence-corrected chi connectivity index (χ3v) is 5.66. The van der Waals surface area contributed by atoms with E-state index in [9.17, 15) is 13.9 Å². The third kappa shape index (κ3) is 5.61. The molecule has 5 nitrogen and oxygen atoms in total. The van der Waals surface area contributed by atoms with Gasteiger partial charge in [0.2, 0.25) is 0 Å². The van der Waals surface area contributed by atoms with Crippen molar-refractivity contribution in [1.82, 2.24) is 4.90 Å². The van der Waals surface area contributed by atoms with E-state index in [-0.39, 0.29) is 12.1 Å². The number of rotatable bonds is 9. The van der Waals surface area contributed by atoms with Gasteiger partial charge in [-0.05, 0) is 45.2 Å². The van der Waals surface area contributed by atoms with Crippen LogP contribution in [-0.4, -0.2) is 60.2 Å². The van der Waals surface area contributed by atoms with Gasteiger partial charge in [0.15, 0.2) is 12.2 Å². The maximum atomic E-state index is 13.7. The lowest BCUT2D eigenvalue weighted by atomic mass is 10.0. The van der Waals surface area contributed by atoms with Crippen molar-refractivity contribution < 1.29 is 28.1 Å². The van der Waals surface area contributed by atoms with Gasteiger partial charge in [-0.25, -0.2) is 8.78 Å². The minimum Gasteiger partial charge on any atom is -0.484 e. The van der Waals surface area contributed by atoms with Gasteiger partial charge in [0.25, 0.3) is 0 Å². The lowest BCUT2D eigenvalue weighted by Gasteiger charge is -2.35. The van der Waals surface area contributed by atoms with E-state index in [1.54, 1.807) is 18.2 Å². The molecule has 0 amide bonds. The Bertz CT molecular complexity index is 891. The Labute approximate surface area is 181 Å². The lowest BCUT2D eigenvalue weighted by molar-refractivity contribution is -0.0325. The van der Waals surface area contributed by atoms with Crippen molar-refractivity contribution in [3.8, 4) is 11.5 Å². The van der Waals surface area contributed by atoms with Gasteiger partial charge in [-0.3, -0.25) is 4.90 Å². The highest BCUT2D eigenvalue weighted by atomic mass is 19.1. The number of aliphatic hydroxyl groups excluding tert-OH is 1. The second-order valence-corrected chi connectivity index (χ2v) is 8.21. The second-order valence-electron chi connectivity index (χ2n) is 8.21. The molecule has 2 aromatic rings. The molecular weight excluding hydrogens is 404 g/mol. The fourth-order valence-corrected chi connectivity index (χ4v) is 3.44. The molecule has 1 N–H and O–H groups in total. The molecule has 1 saturated heterocycles. The monoisotopic (exact) mass is 433 g/mol. The van der Waals surface area contributed by atoms with Crippen LogP contribution in [0.3, 0.4) is 0 Å². The van der Waals surface area contributed by atoms with E-state index in [0.29, 0.717) is 18.0 Å². The first-order valence-electron chi connectivity index (χ1n) is 10.2. The summed E-state index contributed by atoms with van der Waals surface area (Å²) in [7, 11) is 1.93. The lowest BCUT2D eigenvalue weighted by Crippen LogP contribution is -2.49. The standard InChI is InChI=1S/C24H29F2NO4/c1-5-24(2,3)27(4)14-20-22(29-18-10-6-8-16(25)12-18)23(21(15-28)31-20)30-19-11-7-9-17(26)13-19/h5-13,20-23,28H,1,14-15H2,2-4H3. The first-order valence-corrected chi connectivity index (χ1v) is 10.2. The molecule has 2 aromatic carbocycles. The van der Waals surface area contributed by atoms with E-state index in [2.05, 4.69) is 6.58 Å². The Kier molecular flexibility index (Phi) is 7.30. The highest BCUT2D eigenvalue weighted by Crippen LogP contribution is 2.31. The number of ether oxygens (including phenoxy) is 3. The summed E-state index contributed by atoms with van der Waals surface area (Å²) in [5, 5.41) is 9.93. The number of hydrogen-bond acceptors (Lipinski definition) is 5. The van der Waals surface area contributed by atoms with Crippen molar-refractivity contribution in [2.45, 2.75) is 43.8 Å². The molecule has 0 spiro atoms.